The molecule has 0 saturated carbocycles. The van der Waals surface area contributed by atoms with Crippen molar-refractivity contribution in [3.05, 3.63) is 0 Å². The molecule has 0 bridgehead atoms. The summed E-state index contributed by atoms with van der Waals surface area (Å²) in [6, 6.07) is 0. The van der Waals surface area contributed by atoms with Crippen molar-refractivity contribution >= 4 is 22.8 Å². The zero-order chi connectivity index (χ0) is 12.1. The lowest BCUT2D eigenvalue weighted by Gasteiger charge is -2.16. The maximum atomic E-state index is 12.3. The molecule has 7 heteroatoms. The summed E-state index contributed by atoms with van der Waals surface area (Å²) in [6.07, 6.45) is -4.88. The Bertz CT molecular complexity index is 222. The fraction of sp³-hybridized carbons (Fsp3) is 0.750. The average Bonchev–Trinajstić information content (AvgIpc) is 2.01. The van der Waals surface area contributed by atoms with Crippen LogP contribution in [0.15, 0.2) is 0 Å². The van der Waals surface area contributed by atoms with Gasteiger partial charge in [0.2, 0.25) is 11.0 Å². The van der Waals surface area contributed by atoms with E-state index in [1.165, 1.54) is 13.8 Å². The first-order chi connectivity index (χ1) is 6.84. The molecule has 0 rings (SSSR count). The molecule has 1 unspecified atom stereocenters. The van der Waals surface area contributed by atoms with E-state index in [0.717, 1.165) is 0 Å². The van der Waals surface area contributed by atoms with Crippen molar-refractivity contribution in [2.75, 3.05) is 12.4 Å². The third-order valence-electron chi connectivity index (χ3n) is 1.37. The number of carbonyl (C=O) groups excluding carboxylic acids is 2. The highest BCUT2D eigenvalue weighted by atomic mass is 32.2. The van der Waals surface area contributed by atoms with E-state index in [9.17, 15) is 22.8 Å². The minimum Gasteiger partial charge on any atom is -0.465 e. The molecule has 3 nitrogen and oxygen atoms in total. The van der Waals surface area contributed by atoms with Crippen molar-refractivity contribution in [3.8, 4) is 0 Å². The molecule has 0 spiro atoms. The van der Waals surface area contributed by atoms with Crippen LogP contribution in [0.2, 0.25) is 0 Å². The second kappa shape index (κ2) is 5.99. The molecular formula is C8H11F3O3S. The van der Waals surface area contributed by atoms with Crippen LogP contribution < -0.4 is 0 Å². The predicted octanol–water partition coefficient (Wildman–Crippen LogP) is 2.01. The summed E-state index contributed by atoms with van der Waals surface area (Å²) in [7, 11) is 0. The summed E-state index contributed by atoms with van der Waals surface area (Å²) >= 11 is 0.461. The van der Waals surface area contributed by atoms with Gasteiger partial charge in [-0.25, -0.2) is 0 Å². The summed E-state index contributed by atoms with van der Waals surface area (Å²) in [6.45, 7) is 2.72. The van der Waals surface area contributed by atoms with E-state index >= 15 is 0 Å². The van der Waals surface area contributed by atoms with Gasteiger partial charge in [0.1, 0.15) is 0 Å². The molecule has 0 heterocycles. The van der Waals surface area contributed by atoms with Crippen LogP contribution >= 0.6 is 11.8 Å². The molecule has 0 fully saturated rings. The molecular weight excluding hydrogens is 233 g/mol. The fourth-order valence-electron chi connectivity index (χ4n) is 0.815. The van der Waals surface area contributed by atoms with Gasteiger partial charge in [-0.3, -0.25) is 9.59 Å². The number of rotatable bonds is 4. The number of carbonyl (C=O) groups is 2. The highest BCUT2D eigenvalue weighted by Gasteiger charge is 2.50. The van der Waals surface area contributed by atoms with Crippen LogP contribution in [-0.4, -0.2) is 29.6 Å². The highest BCUT2D eigenvalue weighted by molar-refractivity contribution is 8.13. The maximum absolute atomic E-state index is 12.3. The molecule has 1 atom stereocenters. The van der Waals surface area contributed by atoms with Crippen LogP contribution in [0.4, 0.5) is 13.2 Å². The third-order valence-corrected chi connectivity index (χ3v) is 2.18. The standard InChI is InChI=1S/C8H11F3O3S/c1-3-14-6(12)5(8(9,10)11)7(13)15-4-2/h5H,3-4H2,1-2H3. The SMILES string of the molecule is CCOC(=O)C(C(=O)SCC)C(F)(F)F. The van der Waals surface area contributed by atoms with Gasteiger partial charge in [-0.15, -0.1) is 0 Å². The van der Waals surface area contributed by atoms with Gasteiger partial charge in [0.25, 0.3) is 0 Å². The van der Waals surface area contributed by atoms with Crippen molar-refractivity contribution in [2.24, 2.45) is 5.92 Å². The predicted molar refractivity (Wildman–Crippen MR) is 49.3 cm³/mol. The van der Waals surface area contributed by atoms with Crippen molar-refractivity contribution in [3.63, 3.8) is 0 Å². The van der Waals surface area contributed by atoms with Crippen LogP contribution in [0.5, 0.6) is 0 Å². The molecule has 0 aliphatic heterocycles. The van der Waals surface area contributed by atoms with E-state index in [4.69, 9.17) is 0 Å². The lowest BCUT2D eigenvalue weighted by atomic mass is 10.1. The zero-order valence-corrected chi connectivity index (χ0v) is 9.07. The largest absolute Gasteiger partial charge is 0.465 e. The van der Waals surface area contributed by atoms with Crippen LogP contribution in [0, 0.1) is 5.92 Å². The van der Waals surface area contributed by atoms with Crippen LogP contribution in [-0.2, 0) is 14.3 Å². The molecule has 0 saturated heterocycles. The Morgan fingerprint density at radius 1 is 1.33 bits per heavy atom. The topological polar surface area (TPSA) is 43.4 Å². The monoisotopic (exact) mass is 244 g/mol. The Kier molecular flexibility index (Phi) is 5.71. The lowest BCUT2D eigenvalue weighted by Crippen LogP contribution is -2.37. The van der Waals surface area contributed by atoms with E-state index in [2.05, 4.69) is 4.74 Å². The average molecular weight is 244 g/mol. The second-order valence-electron chi connectivity index (χ2n) is 2.48. The number of alkyl halides is 3. The number of ether oxygens (including phenoxy) is 1. The van der Waals surface area contributed by atoms with Crippen molar-refractivity contribution in [1.29, 1.82) is 0 Å². The van der Waals surface area contributed by atoms with Crippen LogP contribution in [0.3, 0.4) is 0 Å². The number of thioether (sulfide) groups is 1. The minimum atomic E-state index is -4.88. The van der Waals surface area contributed by atoms with Gasteiger partial charge >= 0.3 is 12.1 Å². The first-order valence-corrected chi connectivity index (χ1v) is 5.23. The zero-order valence-electron chi connectivity index (χ0n) is 8.26. The second-order valence-corrected chi connectivity index (χ2v) is 3.75. The Labute approximate surface area is 89.4 Å². The van der Waals surface area contributed by atoms with Gasteiger partial charge in [0.05, 0.1) is 6.61 Å². The van der Waals surface area contributed by atoms with Gasteiger partial charge in [0.15, 0.2) is 0 Å². The molecule has 0 amide bonds. The molecule has 0 aliphatic carbocycles. The smallest absolute Gasteiger partial charge is 0.410 e. The Hall–Kier alpha value is -0.720. The third kappa shape index (κ3) is 4.55. The molecule has 0 N–H and O–H groups in total. The van der Waals surface area contributed by atoms with E-state index < -0.39 is 23.2 Å². The van der Waals surface area contributed by atoms with E-state index in [1.807, 2.05) is 0 Å². The summed E-state index contributed by atoms with van der Waals surface area (Å²) in [5.74, 6) is -4.01. The van der Waals surface area contributed by atoms with E-state index in [-0.39, 0.29) is 12.4 Å². The number of hydrogen-bond donors (Lipinski definition) is 0. The van der Waals surface area contributed by atoms with Gasteiger partial charge in [-0.05, 0) is 12.7 Å². The summed E-state index contributed by atoms with van der Waals surface area (Å²) in [4.78, 5) is 22.0. The molecule has 88 valence electrons. The maximum Gasteiger partial charge on any atom is 0.410 e. The molecule has 0 aromatic carbocycles. The molecule has 0 aromatic heterocycles. The first-order valence-electron chi connectivity index (χ1n) is 4.24. The summed E-state index contributed by atoms with van der Waals surface area (Å²) < 4.78 is 41.2. The van der Waals surface area contributed by atoms with E-state index in [1.54, 1.807) is 0 Å². The molecule has 15 heavy (non-hydrogen) atoms. The normalized spacial score (nSPS) is 13.4. The quantitative estimate of drug-likeness (QED) is 0.560. The number of hydrogen-bond acceptors (Lipinski definition) is 4. The number of halogens is 3. The summed E-state index contributed by atoms with van der Waals surface area (Å²) in [5.41, 5.74) is 0. The molecule has 0 aromatic rings. The highest BCUT2D eigenvalue weighted by Crippen LogP contribution is 2.31. The Morgan fingerprint density at radius 2 is 1.87 bits per heavy atom. The molecule has 0 aliphatic rings. The van der Waals surface area contributed by atoms with Gasteiger partial charge in [-0.1, -0.05) is 18.7 Å². The minimum absolute atomic E-state index is 0.185. The lowest BCUT2D eigenvalue weighted by molar-refractivity contribution is -0.194. The van der Waals surface area contributed by atoms with Gasteiger partial charge < -0.3 is 4.74 Å². The Balaban J connectivity index is 4.74. The summed E-state index contributed by atoms with van der Waals surface area (Å²) in [5, 5.41) is -1.22. The fourth-order valence-corrected chi connectivity index (χ4v) is 1.50. The van der Waals surface area contributed by atoms with Crippen LogP contribution in [0.25, 0.3) is 0 Å². The van der Waals surface area contributed by atoms with Crippen molar-refractivity contribution in [1.82, 2.24) is 0 Å². The molecule has 0 radical (unpaired) electrons. The van der Waals surface area contributed by atoms with Crippen molar-refractivity contribution < 1.29 is 27.5 Å². The van der Waals surface area contributed by atoms with Crippen molar-refractivity contribution in [2.45, 2.75) is 20.0 Å². The first kappa shape index (κ1) is 14.3. The van der Waals surface area contributed by atoms with E-state index in [0.29, 0.717) is 11.8 Å². The Morgan fingerprint density at radius 3 is 2.20 bits per heavy atom. The number of esters is 1. The van der Waals surface area contributed by atoms with Crippen LogP contribution in [0.1, 0.15) is 13.8 Å². The van der Waals surface area contributed by atoms with Gasteiger partial charge in [0, 0.05) is 0 Å². The van der Waals surface area contributed by atoms with Gasteiger partial charge in [-0.2, -0.15) is 13.2 Å².